The number of rotatable bonds is 11. The van der Waals surface area contributed by atoms with Gasteiger partial charge in [-0.05, 0) is 61.1 Å². The molecule has 2 heterocycles. The van der Waals surface area contributed by atoms with Gasteiger partial charge in [0.05, 0.1) is 24.3 Å². The summed E-state index contributed by atoms with van der Waals surface area (Å²) in [6.45, 7) is 0.616. The average molecular weight is 563 g/mol. The summed E-state index contributed by atoms with van der Waals surface area (Å²) in [6, 6.07) is 9.13. The van der Waals surface area contributed by atoms with Crippen LogP contribution in [0.3, 0.4) is 0 Å². The molecule has 1 atom stereocenters. The Hall–Kier alpha value is -4.58. The minimum Gasteiger partial charge on any atom is -0.483 e. The molecule has 3 aliphatic rings. The van der Waals surface area contributed by atoms with E-state index < -0.39 is 42.2 Å². The number of carbonyl (C=O) groups is 6. The topological polar surface area (TPSA) is 160 Å². The van der Waals surface area contributed by atoms with Gasteiger partial charge >= 0.3 is 0 Å². The fourth-order valence-corrected chi connectivity index (χ4v) is 5.22. The van der Waals surface area contributed by atoms with Crippen molar-refractivity contribution in [2.75, 3.05) is 32.9 Å². The first-order valence-corrected chi connectivity index (χ1v) is 13.6. The summed E-state index contributed by atoms with van der Waals surface area (Å²) < 4.78 is 11.0. The Balaban J connectivity index is 1.02. The molecule has 1 unspecified atom stereocenters. The number of nitrogens with one attached hydrogen (secondary N) is 3. The molecular weight excluding hydrogens is 532 g/mol. The van der Waals surface area contributed by atoms with Gasteiger partial charge in [-0.3, -0.25) is 39.0 Å². The summed E-state index contributed by atoms with van der Waals surface area (Å²) in [5.41, 5.74) is 3.22. The lowest BCUT2D eigenvalue weighted by molar-refractivity contribution is -0.136. The maximum absolute atomic E-state index is 13.1. The van der Waals surface area contributed by atoms with Crippen LogP contribution in [-0.4, -0.2) is 79.3 Å². The van der Waals surface area contributed by atoms with Gasteiger partial charge in [-0.1, -0.05) is 12.1 Å². The van der Waals surface area contributed by atoms with E-state index in [2.05, 4.69) is 16.0 Å². The second-order valence-electron chi connectivity index (χ2n) is 9.97. The van der Waals surface area contributed by atoms with E-state index in [1.165, 1.54) is 29.3 Å². The number of amides is 6. The average Bonchev–Trinajstić information content (AvgIpc) is 3.53. The van der Waals surface area contributed by atoms with Crippen molar-refractivity contribution in [3.05, 3.63) is 64.2 Å². The van der Waals surface area contributed by atoms with Crippen LogP contribution in [0.4, 0.5) is 0 Å². The molecule has 0 radical (unpaired) electrons. The Labute approximate surface area is 235 Å². The first kappa shape index (κ1) is 28.0. The first-order valence-electron chi connectivity index (χ1n) is 13.6. The number of carbonyl (C=O) groups excluding carboxylic acids is 6. The Bertz CT molecular complexity index is 1420. The maximum Gasteiger partial charge on any atom is 0.266 e. The molecule has 41 heavy (non-hydrogen) atoms. The summed E-state index contributed by atoms with van der Waals surface area (Å²) in [4.78, 5) is 75.1. The summed E-state index contributed by atoms with van der Waals surface area (Å²) in [5.74, 6) is -3.11. The van der Waals surface area contributed by atoms with Crippen LogP contribution in [-0.2, 0) is 32.0 Å². The van der Waals surface area contributed by atoms with Crippen molar-refractivity contribution >= 4 is 35.4 Å². The number of imide groups is 2. The second-order valence-corrected chi connectivity index (χ2v) is 9.97. The summed E-state index contributed by atoms with van der Waals surface area (Å²) in [5, 5.41) is 7.60. The van der Waals surface area contributed by atoms with E-state index in [1.54, 1.807) is 0 Å². The van der Waals surface area contributed by atoms with Crippen LogP contribution in [0, 0.1) is 0 Å². The van der Waals surface area contributed by atoms with Crippen LogP contribution in [0.2, 0.25) is 0 Å². The molecule has 6 amide bonds. The third-order valence-corrected chi connectivity index (χ3v) is 7.25. The number of hydrogen-bond acceptors (Lipinski definition) is 8. The molecule has 2 aromatic rings. The van der Waals surface area contributed by atoms with E-state index in [-0.39, 0.29) is 55.4 Å². The summed E-state index contributed by atoms with van der Waals surface area (Å²) in [7, 11) is 0. The van der Waals surface area contributed by atoms with Gasteiger partial charge < -0.3 is 20.1 Å². The number of hydrogen-bond donors (Lipinski definition) is 3. The van der Waals surface area contributed by atoms with Crippen molar-refractivity contribution < 1.29 is 38.2 Å². The number of fused-ring (bicyclic) bond motifs is 2. The number of nitrogens with zero attached hydrogens (tertiary/aromatic N) is 1. The Morgan fingerprint density at radius 2 is 1.71 bits per heavy atom. The molecule has 0 saturated carbocycles. The van der Waals surface area contributed by atoms with Crippen molar-refractivity contribution in [3.8, 4) is 5.75 Å². The van der Waals surface area contributed by atoms with Gasteiger partial charge in [-0.15, -0.1) is 0 Å². The van der Waals surface area contributed by atoms with Crippen molar-refractivity contribution in [2.45, 2.75) is 38.1 Å². The van der Waals surface area contributed by atoms with Crippen molar-refractivity contribution in [3.63, 3.8) is 0 Å². The molecule has 2 aromatic carbocycles. The lowest BCUT2D eigenvalue weighted by atomic mass is 10.0. The van der Waals surface area contributed by atoms with E-state index in [9.17, 15) is 28.8 Å². The molecule has 1 fully saturated rings. The minimum absolute atomic E-state index is 0.0147. The highest BCUT2D eigenvalue weighted by molar-refractivity contribution is 6.24. The van der Waals surface area contributed by atoms with E-state index in [0.29, 0.717) is 12.1 Å². The van der Waals surface area contributed by atoms with Crippen molar-refractivity contribution in [1.82, 2.24) is 20.9 Å². The second kappa shape index (κ2) is 12.3. The van der Waals surface area contributed by atoms with E-state index >= 15 is 0 Å². The van der Waals surface area contributed by atoms with Gasteiger partial charge in [0.25, 0.3) is 23.6 Å². The monoisotopic (exact) mass is 562 g/mol. The van der Waals surface area contributed by atoms with Crippen molar-refractivity contribution in [2.24, 2.45) is 0 Å². The largest absolute Gasteiger partial charge is 0.483 e. The SMILES string of the molecule is O=C(COc1cccc2c1C(=O)N(C1CCC(=O)NC1=O)C2=O)NCCOCCNC(=O)c1ccc2c(c1)CCC2. The van der Waals surface area contributed by atoms with E-state index in [1.807, 2.05) is 18.2 Å². The highest BCUT2D eigenvalue weighted by atomic mass is 16.5. The standard InChI is InChI=1S/C29H30N4O8/c34-23-10-9-21(27(37)32-23)33-28(38)20-5-2-6-22(25(20)29(33)39)41-16-24(35)30-11-13-40-14-12-31-26(36)19-8-7-17-3-1-4-18(17)15-19/h2,5-8,15,21H,1,3-4,9-14,16H2,(H,30,35)(H,31,36)(H,32,34,37). The first-order chi connectivity index (χ1) is 19.8. The number of piperidine rings is 1. The maximum atomic E-state index is 13.1. The Kier molecular flexibility index (Phi) is 8.39. The molecule has 0 bridgehead atoms. The van der Waals surface area contributed by atoms with Crippen LogP contribution in [0.25, 0.3) is 0 Å². The normalized spacial score (nSPS) is 17.7. The predicted octanol–water partition coefficient (Wildman–Crippen LogP) is 0.518. The molecule has 2 aliphatic heterocycles. The third-order valence-electron chi connectivity index (χ3n) is 7.25. The predicted molar refractivity (Wildman–Crippen MR) is 143 cm³/mol. The third kappa shape index (κ3) is 6.12. The lowest BCUT2D eigenvalue weighted by Crippen LogP contribution is -2.54. The fraction of sp³-hybridized carbons (Fsp3) is 0.379. The van der Waals surface area contributed by atoms with Gasteiger partial charge in [0.2, 0.25) is 11.8 Å². The molecule has 0 spiro atoms. The van der Waals surface area contributed by atoms with Gasteiger partial charge in [-0.25, -0.2) is 0 Å². The highest BCUT2D eigenvalue weighted by Gasteiger charge is 2.46. The molecule has 12 heteroatoms. The molecule has 214 valence electrons. The molecule has 1 aliphatic carbocycles. The van der Waals surface area contributed by atoms with Gasteiger partial charge in [0.15, 0.2) is 6.61 Å². The number of benzene rings is 2. The van der Waals surface area contributed by atoms with Crippen LogP contribution in [0.5, 0.6) is 5.75 Å². The smallest absolute Gasteiger partial charge is 0.266 e. The van der Waals surface area contributed by atoms with E-state index in [0.717, 1.165) is 24.2 Å². The zero-order valence-electron chi connectivity index (χ0n) is 22.3. The molecule has 0 aromatic heterocycles. The molecule has 12 nitrogen and oxygen atoms in total. The lowest BCUT2D eigenvalue weighted by Gasteiger charge is -2.27. The highest BCUT2D eigenvalue weighted by Crippen LogP contribution is 2.33. The minimum atomic E-state index is -1.09. The molecule has 3 N–H and O–H groups in total. The van der Waals surface area contributed by atoms with Crippen LogP contribution in [0.1, 0.15) is 61.5 Å². The summed E-state index contributed by atoms with van der Waals surface area (Å²) >= 11 is 0. The summed E-state index contributed by atoms with van der Waals surface area (Å²) in [6.07, 6.45) is 3.24. The fourth-order valence-electron chi connectivity index (χ4n) is 5.22. The van der Waals surface area contributed by atoms with Crippen molar-refractivity contribution in [1.29, 1.82) is 0 Å². The molecular formula is C29H30N4O8. The van der Waals surface area contributed by atoms with Crippen LogP contribution < -0.4 is 20.7 Å². The number of aryl methyl sites for hydroxylation is 2. The van der Waals surface area contributed by atoms with Gasteiger partial charge in [-0.2, -0.15) is 0 Å². The zero-order valence-corrected chi connectivity index (χ0v) is 22.3. The molecule has 5 rings (SSSR count). The Morgan fingerprint density at radius 3 is 2.51 bits per heavy atom. The quantitative estimate of drug-likeness (QED) is 0.264. The molecule has 1 saturated heterocycles. The van der Waals surface area contributed by atoms with E-state index in [4.69, 9.17) is 9.47 Å². The van der Waals surface area contributed by atoms with Crippen LogP contribution in [0.15, 0.2) is 36.4 Å². The van der Waals surface area contributed by atoms with Crippen LogP contribution >= 0.6 is 0 Å². The Morgan fingerprint density at radius 1 is 0.927 bits per heavy atom. The van der Waals surface area contributed by atoms with Gasteiger partial charge in [0.1, 0.15) is 11.8 Å². The van der Waals surface area contributed by atoms with Gasteiger partial charge in [0, 0.05) is 25.1 Å². The zero-order chi connectivity index (χ0) is 28.9. The number of ether oxygens (including phenoxy) is 2.